The van der Waals surface area contributed by atoms with Gasteiger partial charge < -0.3 is 5.11 Å². The predicted octanol–water partition coefficient (Wildman–Crippen LogP) is 0.165. The minimum absolute atomic E-state index is 0.213. The Balaban J connectivity index is 5.69. The van der Waals surface area contributed by atoms with Crippen LogP contribution in [0.25, 0.3) is 0 Å². The zero-order valence-electron chi connectivity index (χ0n) is 11.0. The largest absolute Gasteiger partial charge is 0.480 e. The number of carboxylic acids is 1. The van der Waals surface area contributed by atoms with Gasteiger partial charge in [0.25, 0.3) is 0 Å². The van der Waals surface area contributed by atoms with E-state index in [1.54, 1.807) is 13.8 Å². The summed E-state index contributed by atoms with van der Waals surface area (Å²) >= 11 is 4.89. The first kappa shape index (κ1) is 19.3. The van der Waals surface area contributed by atoms with Crippen LogP contribution in [-0.4, -0.2) is 53.2 Å². The van der Waals surface area contributed by atoms with Crippen LogP contribution in [0.4, 0.5) is 13.2 Å². The fourth-order valence-corrected chi connectivity index (χ4v) is 3.38. The molecule has 0 aliphatic heterocycles. The third kappa shape index (κ3) is 5.01. The van der Waals surface area contributed by atoms with E-state index in [2.05, 4.69) is 10.6 Å². The van der Waals surface area contributed by atoms with Gasteiger partial charge in [-0.3, -0.25) is 25.1 Å². The summed E-state index contributed by atoms with van der Waals surface area (Å²) in [5.41, 5.74) is -1.65. The second-order valence-corrected chi connectivity index (χ2v) is 5.51. The lowest BCUT2D eigenvalue weighted by molar-refractivity contribution is -0.192. The first-order valence-electron chi connectivity index (χ1n) is 5.71. The standard InChI is InChI=1S/C9H17F3N3O3PS/c1-3-13-9(19-20,14-4-2)15(5-6(16)17)7(18)8(10,11)12/h13-14H,3-5,19H2,1-2H3,(H,16,17). The van der Waals surface area contributed by atoms with Gasteiger partial charge in [-0.25, -0.2) is 0 Å². The monoisotopic (exact) mass is 335 g/mol. The summed E-state index contributed by atoms with van der Waals surface area (Å²) in [5.74, 6) is -3.79. The summed E-state index contributed by atoms with van der Waals surface area (Å²) < 4.78 is 37.9. The van der Waals surface area contributed by atoms with Gasteiger partial charge in [-0.15, -0.1) is 0 Å². The Bertz CT molecular complexity index is 375. The molecule has 1 atom stereocenters. The smallest absolute Gasteiger partial charge is 0.471 e. The molecule has 0 bridgehead atoms. The normalized spacial score (nSPS) is 12.8. The minimum Gasteiger partial charge on any atom is -0.480 e. The van der Waals surface area contributed by atoms with E-state index in [4.69, 9.17) is 16.9 Å². The van der Waals surface area contributed by atoms with E-state index >= 15 is 0 Å². The second-order valence-electron chi connectivity index (χ2n) is 3.73. The van der Waals surface area contributed by atoms with E-state index in [0.29, 0.717) is 0 Å². The number of halogens is 3. The van der Waals surface area contributed by atoms with Crippen LogP contribution in [0.3, 0.4) is 0 Å². The molecule has 20 heavy (non-hydrogen) atoms. The summed E-state index contributed by atoms with van der Waals surface area (Å²) in [4.78, 5) is 22.5. The van der Waals surface area contributed by atoms with E-state index in [1.165, 1.54) is 0 Å². The van der Waals surface area contributed by atoms with E-state index in [0.717, 1.165) is 0 Å². The van der Waals surface area contributed by atoms with Crippen LogP contribution < -0.4 is 10.6 Å². The Hall–Kier alpha value is -0.700. The molecule has 0 aromatic rings. The van der Waals surface area contributed by atoms with Crippen molar-refractivity contribution in [3.8, 4) is 0 Å². The van der Waals surface area contributed by atoms with Crippen LogP contribution in [0.2, 0.25) is 0 Å². The SMILES string of the molecule is CCNC(NCC)([PH2]=S)N(CC(=O)O)C(=O)C(F)(F)F. The Morgan fingerprint density at radius 2 is 1.70 bits per heavy atom. The molecule has 0 saturated carbocycles. The lowest BCUT2D eigenvalue weighted by Crippen LogP contribution is -2.68. The lowest BCUT2D eigenvalue weighted by Gasteiger charge is -2.41. The number of rotatable bonds is 8. The summed E-state index contributed by atoms with van der Waals surface area (Å²) in [6.07, 6.45) is -5.17. The third-order valence-electron chi connectivity index (χ3n) is 2.27. The van der Waals surface area contributed by atoms with Gasteiger partial charge in [-0.1, -0.05) is 25.7 Å². The first-order valence-corrected chi connectivity index (χ1v) is 8.17. The number of nitrogens with one attached hydrogen (secondary N) is 2. The van der Waals surface area contributed by atoms with Crippen LogP contribution >= 0.6 is 7.36 Å². The fraction of sp³-hybridized carbons (Fsp3) is 0.778. The third-order valence-corrected chi connectivity index (χ3v) is 4.35. The summed E-state index contributed by atoms with van der Waals surface area (Å²) in [5, 5.41) is 14.1. The van der Waals surface area contributed by atoms with Crippen LogP contribution in [-0.2, 0) is 21.4 Å². The number of alkyl halides is 3. The molecule has 0 spiro atoms. The molecule has 0 aliphatic carbocycles. The second kappa shape index (κ2) is 7.92. The van der Waals surface area contributed by atoms with Crippen LogP contribution in [0.15, 0.2) is 0 Å². The fourth-order valence-electron chi connectivity index (χ4n) is 1.58. The zero-order valence-corrected chi connectivity index (χ0v) is 12.9. The predicted molar refractivity (Wildman–Crippen MR) is 72.6 cm³/mol. The van der Waals surface area contributed by atoms with Gasteiger partial charge in [-0.2, -0.15) is 13.2 Å². The van der Waals surface area contributed by atoms with Crippen molar-refractivity contribution in [1.82, 2.24) is 15.5 Å². The summed E-state index contributed by atoms with van der Waals surface area (Å²) in [7, 11) is -1.15. The molecule has 0 aromatic carbocycles. The maximum atomic E-state index is 12.6. The van der Waals surface area contributed by atoms with Crippen LogP contribution in [0, 0.1) is 0 Å². The van der Waals surface area contributed by atoms with Gasteiger partial charge in [0.15, 0.2) is 5.53 Å². The number of carboxylic acid groups (broad SMARTS) is 1. The van der Waals surface area contributed by atoms with Crippen molar-refractivity contribution in [2.45, 2.75) is 25.6 Å². The van der Waals surface area contributed by atoms with Crippen molar-refractivity contribution in [3.05, 3.63) is 0 Å². The maximum Gasteiger partial charge on any atom is 0.471 e. The quantitative estimate of drug-likeness (QED) is 0.433. The average Bonchev–Trinajstić information content (AvgIpc) is 2.33. The zero-order chi connectivity index (χ0) is 16.0. The van der Waals surface area contributed by atoms with Crippen molar-refractivity contribution in [1.29, 1.82) is 0 Å². The number of aliphatic carboxylic acids is 1. The van der Waals surface area contributed by atoms with E-state index in [-0.39, 0.29) is 18.0 Å². The number of amides is 1. The first-order chi connectivity index (χ1) is 9.14. The molecule has 0 saturated heterocycles. The molecule has 0 aromatic heterocycles. The van der Waals surface area contributed by atoms with E-state index in [9.17, 15) is 22.8 Å². The molecule has 11 heteroatoms. The number of hydrogen-bond donors (Lipinski definition) is 3. The van der Waals surface area contributed by atoms with E-state index in [1.807, 2.05) is 0 Å². The van der Waals surface area contributed by atoms with E-state index < -0.39 is 37.5 Å². The molecule has 0 heterocycles. The average molecular weight is 335 g/mol. The van der Waals surface area contributed by atoms with Gasteiger partial charge in [0.2, 0.25) is 0 Å². The molecule has 0 rings (SSSR count). The highest BCUT2D eigenvalue weighted by atomic mass is 32.4. The van der Waals surface area contributed by atoms with Gasteiger partial charge in [0.1, 0.15) is 6.54 Å². The van der Waals surface area contributed by atoms with Gasteiger partial charge in [0, 0.05) is 0 Å². The topological polar surface area (TPSA) is 81.7 Å². The molecule has 0 aliphatic rings. The summed E-state index contributed by atoms with van der Waals surface area (Å²) in [6.45, 7) is 2.58. The molecular formula is C9H17F3N3O3PS. The highest BCUT2D eigenvalue weighted by Crippen LogP contribution is 2.28. The molecule has 0 fully saturated rings. The number of nitrogens with zero attached hydrogens (tertiary/aromatic N) is 1. The number of hydrogen-bond acceptors (Lipinski definition) is 5. The Morgan fingerprint density at radius 1 is 1.25 bits per heavy atom. The molecule has 1 amide bonds. The highest BCUT2D eigenvalue weighted by molar-refractivity contribution is 7.97. The molecular weight excluding hydrogens is 318 g/mol. The van der Waals surface area contributed by atoms with Crippen molar-refractivity contribution in [3.63, 3.8) is 0 Å². The number of carbonyl (C=O) groups is 2. The van der Waals surface area contributed by atoms with Gasteiger partial charge in [0.05, 0.1) is 0 Å². The lowest BCUT2D eigenvalue weighted by atomic mass is 10.4. The Kier molecular flexibility index (Phi) is 7.64. The van der Waals surface area contributed by atoms with Crippen LogP contribution in [0.5, 0.6) is 0 Å². The van der Waals surface area contributed by atoms with Crippen LogP contribution in [0.1, 0.15) is 13.8 Å². The molecule has 118 valence electrons. The molecule has 0 radical (unpaired) electrons. The van der Waals surface area contributed by atoms with Crippen molar-refractivity contribution >= 4 is 31.0 Å². The Morgan fingerprint density at radius 3 is 1.95 bits per heavy atom. The maximum absolute atomic E-state index is 12.6. The van der Waals surface area contributed by atoms with Gasteiger partial charge in [-0.05, 0) is 20.4 Å². The minimum atomic E-state index is -5.17. The Labute approximate surface area is 120 Å². The van der Waals surface area contributed by atoms with Crippen molar-refractivity contribution in [2.75, 3.05) is 19.6 Å². The number of carbonyl (C=O) groups excluding carboxylic acids is 1. The van der Waals surface area contributed by atoms with Crippen molar-refractivity contribution in [2.24, 2.45) is 0 Å². The van der Waals surface area contributed by atoms with Crippen molar-refractivity contribution < 1.29 is 27.9 Å². The molecule has 3 N–H and O–H groups in total. The molecule has 1 unspecified atom stereocenters. The van der Waals surface area contributed by atoms with Gasteiger partial charge >= 0.3 is 18.1 Å². The molecule has 6 nitrogen and oxygen atoms in total. The highest BCUT2D eigenvalue weighted by Gasteiger charge is 2.49. The summed E-state index contributed by atoms with van der Waals surface area (Å²) in [6, 6.07) is 0.